The molecule has 0 spiro atoms. The topological polar surface area (TPSA) is 104 Å². The number of hydrogen-bond donors (Lipinski definition) is 3. The number of aromatic nitrogens is 2. The van der Waals surface area contributed by atoms with Gasteiger partial charge in [0.2, 0.25) is 0 Å². The summed E-state index contributed by atoms with van der Waals surface area (Å²) < 4.78 is 14.9. The number of amides is 1. The van der Waals surface area contributed by atoms with Crippen molar-refractivity contribution in [2.24, 2.45) is 7.05 Å². The molecule has 3 N–H and O–H groups in total. The summed E-state index contributed by atoms with van der Waals surface area (Å²) in [5.41, 5.74) is -0.373. The lowest BCUT2D eigenvalue weighted by Crippen LogP contribution is -2.34. The first-order valence-electron chi connectivity index (χ1n) is 5.90. The number of nitrogens with zero attached hydrogens (tertiary/aromatic N) is 2. The van der Waals surface area contributed by atoms with E-state index in [2.05, 4.69) is 10.4 Å². The second-order valence-electron chi connectivity index (χ2n) is 4.33. The van der Waals surface area contributed by atoms with Crippen LogP contribution in [0.5, 0.6) is 5.75 Å². The molecule has 2 aromatic rings. The Morgan fingerprint density at radius 3 is 2.67 bits per heavy atom. The van der Waals surface area contributed by atoms with Crippen molar-refractivity contribution in [1.29, 1.82) is 0 Å². The molecule has 0 bridgehead atoms. The van der Waals surface area contributed by atoms with E-state index in [1.807, 2.05) is 0 Å². The molecule has 21 heavy (non-hydrogen) atoms. The van der Waals surface area contributed by atoms with Gasteiger partial charge in [0.1, 0.15) is 17.1 Å². The van der Waals surface area contributed by atoms with Gasteiger partial charge in [0.05, 0.1) is 6.20 Å². The van der Waals surface area contributed by atoms with Crippen LogP contribution in [0.25, 0.3) is 0 Å². The molecule has 1 aromatic carbocycles. The number of rotatable bonds is 4. The maximum absolute atomic E-state index is 13.6. The van der Waals surface area contributed by atoms with E-state index in [9.17, 15) is 19.1 Å². The third kappa shape index (κ3) is 2.99. The van der Waals surface area contributed by atoms with Crippen molar-refractivity contribution >= 4 is 11.9 Å². The van der Waals surface area contributed by atoms with Gasteiger partial charge in [-0.25, -0.2) is 9.18 Å². The number of carbonyl (C=O) groups is 2. The molecular formula is C13H12FN3O4. The Balaban J connectivity index is 2.29. The number of halogens is 1. The molecule has 1 amide bonds. The molecule has 2 rings (SSSR count). The highest BCUT2D eigenvalue weighted by Gasteiger charge is 2.26. The first-order chi connectivity index (χ1) is 9.90. The Labute approximate surface area is 118 Å². The quantitative estimate of drug-likeness (QED) is 0.774. The normalized spacial score (nSPS) is 11.9. The van der Waals surface area contributed by atoms with Crippen molar-refractivity contribution in [1.82, 2.24) is 15.1 Å². The minimum atomic E-state index is -1.40. The van der Waals surface area contributed by atoms with Gasteiger partial charge < -0.3 is 15.5 Å². The maximum atomic E-state index is 13.6. The highest BCUT2D eigenvalue weighted by Crippen LogP contribution is 2.21. The third-order valence-corrected chi connectivity index (χ3v) is 2.80. The molecule has 0 aliphatic rings. The summed E-state index contributed by atoms with van der Waals surface area (Å²) in [6, 6.07) is 1.97. The van der Waals surface area contributed by atoms with Crippen LogP contribution in [-0.4, -0.2) is 31.9 Å². The average molecular weight is 293 g/mol. The van der Waals surface area contributed by atoms with Crippen molar-refractivity contribution in [3.8, 4) is 5.75 Å². The molecule has 1 atom stereocenters. The van der Waals surface area contributed by atoms with Gasteiger partial charge in [0.15, 0.2) is 6.04 Å². The molecule has 110 valence electrons. The minimum absolute atomic E-state index is 0.231. The number of carboxylic acids is 1. The maximum Gasteiger partial charge on any atom is 0.331 e. The van der Waals surface area contributed by atoms with E-state index in [0.717, 1.165) is 12.1 Å². The van der Waals surface area contributed by atoms with Crippen molar-refractivity contribution in [3.05, 3.63) is 47.5 Å². The summed E-state index contributed by atoms with van der Waals surface area (Å²) in [6.07, 6.45) is 2.69. The Morgan fingerprint density at radius 1 is 1.43 bits per heavy atom. The first-order valence-corrected chi connectivity index (χ1v) is 5.90. The monoisotopic (exact) mass is 293 g/mol. The van der Waals surface area contributed by atoms with Gasteiger partial charge in [-0.3, -0.25) is 9.48 Å². The highest BCUT2D eigenvalue weighted by molar-refractivity contribution is 5.99. The van der Waals surface area contributed by atoms with Crippen molar-refractivity contribution in [2.75, 3.05) is 0 Å². The van der Waals surface area contributed by atoms with E-state index < -0.39 is 35.0 Å². The fraction of sp³-hybridized carbons (Fsp3) is 0.154. The smallest absolute Gasteiger partial charge is 0.331 e. The van der Waals surface area contributed by atoms with Crippen molar-refractivity contribution < 1.29 is 24.2 Å². The van der Waals surface area contributed by atoms with Gasteiger partial charge >= 0.3 is 5.97 Å². The van der Waals surface area contributed by atoms with Crippen LogP contribution < -0.4 is 5.32 Å². The first kappa shape index (κ1) is 14.5. The number of aromatic hydroxyl groups is 1. The third-order valence-electron chi connectivity index (χ3n) is 2.80. The number of nitrogens with one attached hydrogen (secondary N) is 1. The Hall–Kier alpha value is -2.90. The van der Waals surface area contributed by atoms with E-state index >= 15 is 0 Å². The zero-order valence-electron chi connectivity index (χ0n) is 10.9. The van der Waals surface area contributed by atoms with Crippen LogP contribution >= 0.6 is 0 Å². The molecule has 0 radical (unpaired) electrons. The number of carbonyl (C=O) groups excluding carboxylic acids is 1. The average Bonchev–Trinajstić information content (AvgIpc) is 2.81. The summed E-state index contributed by atoms with van der Waals surface area (Å²) in [5, 5.41) is 24.7. The highest BCUT2D eigenvalue weighted by atomic mass is 19.1. The number of benzene rings is 1. The fourth-order valence-corrected chi connectivity index (χ4v) is 1.82. The van der Waals surface area contributed by atoms with Gasteiger partial charge in [-0.05, 0) is 12.1 Å². The Bertz CT molecular complexity index is 678. The SMILES string of the molecule is Cn1cc(C(NC(=O)c2c(O)cccc2F)C(=O)O)cn1. The summed E-state index contributed by atoms with van der Waals surface area (Å²) in [6.45, 7) is 0. The lowest BCUT2D eigenvalue weighted by atomic mass is 10.1. The second-order valence-corrected chi connectivity index (χ2v) is 4.33. The van der Waals surface area contributed by atoms with E-state index in [0.29, 0.717) is 0 Å². The van der Waals surface area contributed by atoms with Gasteiger partial charge in [-0.1, -0.05) is 6.07 Å². The van der Waals surface area contributed by atoms with E-state index in [1.165, 1.54) is 23.1 Å². The molecule has 0 saturated heterocycles. The lowest BCUT2D eigenvalue weighted by molar-refractivity contribution is -0.139. The van der Waals surface area contributed by atoms with E-state index in [1.54, 1.807) is 7.05 Å². The number of aliphatic carboxylic acids is 1. The van der Waals surface area contributed by atoms with Crippen LogP contribution in [0.15, 0.2) is 30.6 Å². The molecule has 0 aliphatic heterocycles. The molecule has 1 unspecified atom stereocenters. The zero-order valence-corrected chi connectivity index (χ0v) is 10.9. The number of hydrogen-bond acceptors (Lipinski definition) is 4. The van der Waals surface area contributed by atoms with Crippen molar-refractivity contribution in [3.63, 3.8) is 0 Å². The largest absolute Gasteiger partial charge is 0.507 e. The van der Waals surface area contributed by atoms with E-state index in [4.69, 9.17) is 5.11 Å². The molecule has 7 nitrogen and oxygen atoms in total. The second kappa shape index (κ2) is 5.61. The van der Waals surface area contributed by atoms with E-state index in [-0.39, 0.29) is 5.56 Å². The molecule has 1 aromatic heterocycles. The minimum Gasteiger partial charge on any atom is -0.507 e. The summed E-state index contributed by atoms with van der Waals surface area (Å²) in [5.74, 6) is -3.86. The zero-order chi connectivity index (χ0) is 15.6. The predicted octanol–water partition coefficient (Wildman–Crippen LogP) is 0.820. The van der Waals surface area contributed by atoms with Crippen LogP contribution in [-0.2, 0) is 11.8 Å². The number of phenols is 1. The van der Waals surface area contributed by atoms with Crippen molar-refractivity contribution in [2.45, 2.75) is 6.04 Å². The number of aryl methyl sites for hydroxylation is 1. The Morgan fingerprint density at radius 2 is 2.14 bits per heavy atom. The standard InChI is InChI=1S/C13H12FN3O4/c1-17-6-7(5-15-17)11(13(20)21)16-12(19)10-8(14)3-2-4-9(10)18/h2-6,11,18H,1H3,(H,16,19)(H,20,21). The molecular weight excluding hydrogens is 281 g/mol. The summed E-state index contributed by atoms with van der Waals surface area (Å²) >= 11 is 0. The van der Waals surface area contributed by atoms with Gasteiger partial charge in [0.25, 0.3) is 5.91 Å². The summed E-state index contributed by atoms with van der Waals surface area (Å²) in [7, 11) is 1.59. The Kier molecular flexibility index (Phi) is 3.88. The predicted molar refractivity (Wildman–Crippen MR) is 69.1 cm³/mol. The number of phenolic OH excluding ortho intramolecular Hbond substituents is 1. The molecule has 1 heterocycles. The van der Waals surface area contributed by atoms with Crippen LogP contribution in [0.4, 0.5) is 4.39 Å². The van der Waals surface area contributed by atoms with Crippen LogP contribution in [0.2, 0.25) is 0 Å². The summed E-state index contributed by atoms with van der Waals surface area (Å²) in [4.78, 5) is 23.2. The van der Waals surface area contributed by atoms with Crippen LogP contribution in [0.1, 0.15) is 22.0 Å². The van der Waals surface area contributed by atoms with Gasteiger partial charge in [-0.2, -0.15) is 5.10 Å². The van der Waals surface area contributed by atoms with Gasteiger partial charge in [-0.15, -0.1) is 0 Å². The fourth-order valence-electron chi connectivity index (χ4n) is 1.82. The lowest BCUT2D eigenvalue weighted by Gasteiger charge is -2.13. The molecule has 0 aliphatic carbocycles. The number of carboxylic acid groups (broad SMARTS) is 1. The molecule has 0 saturated carbocycles. The van der Waals surface area contributed by atoms with Gasteiger partial charge in [0, 0.05) is 18.8 Å². The molecule has 8 heteroatoms. The molecule has 0 fully saturated rings. The van der Waals surface area contributed by atoms with Crippen LogP contribution in [0, 0.1) is 5.82 Å². The van der Waals surface area contributed by atoms with Crippen LogP contribution in [0.3, 0.4) is 0 Å².